The second-order valence-electron chi connectivity index (χ2n) is 9.91. The van der Waals surface area contributed by atoms with Crippen molar-refractivity contribution < 1.29 is 4.79 Å². The predicted octanol–water partition coefficient (Wildman–Crippen LogP) is 4.53. The molecule has 1 amide bonds. The zero-order valence-corrected chi connectivity index (χ0v) is 20.5. The van der Waals surface area contributed by atoms with Crippen LogP contribution >= 0.6 is 0 Å². The minimum atomic E-state index is -0.227. The second-order valence-corrected chi connectivity index (χ2v) is 9.91. The number of nitrogens with one attached hydrogen (secondary N) is 4. The number of hydrogen-bond donors (Lipinski definition) is 4. The molecular weight excluding hydrogens is 426 g/mol. The van der Waals surface area contributed by atoms with Crippen molar-refractivity contribution >= 4 is 28.9 Å². The van der Waals surface area contributed by atoms with Crippen LogP contribution in [0.1, 0.15) is 57.6 Å². The van der Waals surface area contributed by atoms with Crippen LogP contribution in [0.5, 0.6) is 0 Å². The summed E-state index contributed by atoms with van der Waals surface area (Å²) in [5.41, 5.74) is 3.93. The monoisotopic (exact) mass is 461 g/mol. The standard InChI is InChI=1S/C26H35N7O/c1-6-24(34)31-19-9-7-8-18(12-19)14-27-23-13-22(30-20-10-11-26(4,5)28-15-20)32-25-21(17(2)3)16-29-33(23)25/h6-9,12-13,16-17,20,27-28H,1,10-11,14-15H2,2-5H3,(H,30,32)(H,31,34)/t20-/m1/s1. The van der Waals surface area contributed by atoms with Crippen LogP contribution in [0.25, 0.3) is 5.65 Å². The minimum absolute atomic E-state index is 0.179. The molecule has 3 heterocycles. The maximum absolute atomic E-state index is 11.6. The molecule has 1 atom stereocenters. The van der Waals surface area contributed by atoms with Gasteiger partial charge in [0.05, 0.1) is 6.20 Å². The van der Waals surface area contributed by atoms with Gasteiger partial charge in [-0.2, -0.15) is 9.61 Å². The molecule has 2 aromatic heterocycles. The summed E-state index contributed by atoms with van der Waals surface area (Å²) in [6.07, 6.45) is 5.37. The van der Waals surface area contributed by atoms with Gasteiger partial charge in [0.15, 0.2) is 5.65 Å². The molecule has 1 aliphatic rings. The van der Waals surface area contributed by atoms with Crippen LogP contribution in [-0.4, -0.2) is 38.6 Å². The number of anilines is 3. The number of nitrogens with zero attached hydrogens (tertiary/aromatic N) is 3. The average Bonchev–Trinajstić information content (AvgIpc) is 3.23. The van der Waals surface area contributed by atoms with Crippen LogP contribution in [0.4, 0.5) is 17.3 Å². The molecule has 3 aromatic rings. The number of piperidine rings is 1. The summed E-state index contributed by atoms with van der Waals surface area (Å²) in [6.45, 7) is 13.8. The number of benzene rings is 1. The third-order valence-corrected chi connectivity index (χ3v) is 6.27. The molecule has 0 spiro atoms. The van der Waals surface area contributed by atoms with E-state index in [1.165, 1.54) is 6.08 Å². The van der Waals surface area contributed by atoms with Gasteiger partial charge < -0.3 is 21.3 Å². The summed E-state index contributed by atoms with van der Waals surface area (Å²) in [5, 5.41) is 18.2. The van der Waals surface area contributed by atoms with E-state index in [0.717, 1.165) is 53.5 Å². The van der Waals surface area contributed by atoms with Crippen LogP contribution in [0, 0.1) is 0 Å². The van der Waals surface area contributed by atoms with E-state index in [0.29, 0.717) is 18.5 Å². The molecule has 1 aromatic carbocycles. The van der Waals surface area contributed by atoms with Crippen molar-refractivity contribution in [2.75, 3.05) is 22.5 Å². The summed E-state index contributed by atoms with van der Waals surface area (Å²) >= 11 is 0. The first-order valence-corrected chi connectivity index (χ1v) is 11.9. The number of carbonyl (C=O) groups excluding carboxylic acids is 1. The molecule has 34 heavy (non-hydrogen) atoms. The second kappa shape index (κ2) is 9.85. The zero-order chi connectivity index (χ0) is 24.3. The maximum atomic E-state index is 11.6. The lowest BCUT2D eigenvalue weighted by Gasteiger charge is -2.36. The van der Waals surface area contributed by atoms with E-state index in [-0.39, 0.29) is 11.4 Å². The van der Waals surface area contributed by atoms with E-state index in [9.17, 15) is 4.79 Å². The topological polar surface area (TPSA) is 95.4 Å². The first-order chi connectivity index (χ1) is 16.2. The van der Waals surface area contributed by atoms with Crippen molar-refractivity contribution in [2.24, 2.45) is 0 Å². The Kier molecular flexibility index (Phi) is 6.88. The molecule has 1 aliphatic heterocycles. The Bertz CT molecular complexity index is 1170. The van der Waals surface area contributed by atoms with Crippen molar-refractivity contribution in [2.45, 2.75) is 64.6 Å². The van der Waals surface area contributed by atoms with E-state index >= 15 is 0 Å². The fraction of sp³-hybridized carbons (Fsp3) is 0.423. The Balaban J connectivity index is 1.57. The van der Waals surface area contributed by atoms with Crippen molar-refractivity contribution in [3.63, 3.8) is 0 Å². The molecule has 8 nitrogen and oxygen atoms in total. The van der Waals surface area contributed by atoms with E-state index in [1.54, 1.807) is 0 Å². The van der Waals surface area contributed by atoms with Gasteiger partial charge in [-0.1, -0.05) is 32.6 Å². The summed E-state index contributed by atoms with van der Waals surface area (Å²) in [5.74, 6) is 1.80. The number of amides is 1. The third kappa shape index (κ3) is 5.56. The van der Waals surface area contributed by atoms with E-state index < -0.39 is 0 Å². The molecule has 0 radical (unpaired) electrons. The Morgan fingerprint density at radius 3 is 2.88 bits per heavy atom. The van der Waals surface area contributed by atoms with E-state index in [1.807, 2.05) is 41.0 Å². The van der Waals surface area contributed by atoms with Crippen LogP contribution < -0.4 is 21.3 Å². The predicted molar refractivity (Wildman–Crippen MR) is 138 cm³/mol. The fourth-order valence-electron chi connectivity index (χ4n) is 4.19. The molecule has 4 N–H and O–H groups in total. The molecule has 1 fully saturated rings. The summed E-state index contributed by atoms with van der Waals surface area (Å²) in [4.78, 5) is 16.6. The van der Waals surface area contributed by atoms with Crippen molar-refractivity contribution in [3.05, 3.63) is 60.3 Å². The molecule has 0 aliphatic carbocycles. The van der Waals surface area contributed by atoms with Gasteiger partial charge in [-0.15, -0.1) is 0 Å². The molecule has 4 rings (SSSR count). The van der Waals surface area contributed by atoms with Crippen molar-refractivity contribution in [1.82, 2.24) is 19.9 Å². The summed E-state index contributed by atoms with van der Waals surface area (Å²) < 4.78 is 1.87. The maximum Gasteiger partial charge on any atom is 0.247 e. The Labute approximate surface area is 201 Å². The highest BCUT2D eigenvalue weighted by Crippen LogP contribution is 2.26. The van der Waals surface area contributed by atoms with Gasteiger partial charge in [0.1, 0.15) is 11.6 Å². The normalized spacial score (nSPS) is 17.5. The summed E-state index contributed by atoms with van der Waals surface area (Å²) in [7, 11) is 0. The summed E-state index contributed by atoms with van der Waals surface area (Å²) in [6, 6.07) is 10.1. The number of carbonyl (C=O) groups is 1. The average molecular weight is 462 g/mol. The van der Waals surface area contributed by atoms with Gasteiger partial charge in [-0.25, -0.2) is 4.98 Å². The Morgan fingerprint density at radius 2 is 2.18 bits per heavy atom. The lowest BCUT2D eigenvalue weighted by atomic mass is 9.91. The SMILES string of the molecule is C=CC(=O)Nc1cccc(CNc2cc(N[C@@H]3CCC(C)(C)NC3)nc3c(C(C)C)cnn23)c1. The molecule has 1 saturated heterocycles. The Hall–Kier alpha value is -3.39. The van der Waals surface area contributed by atoms with Gasteiger partial charge >= 0.3 is 0 Å². The van der Waals surface area contributed by atoms with Crippen LogP contribution in [-0.2, 0) is 11.3 Å². The molecule has 0 saturated carbocycles. The number of fused-ring (bicyclic) bond motifs is 1. The quantitative estimate of drug-likeness (QED) is 0.368. The molecule has 0 unspecified atom stereocenters. The van der Waals surface area contributed by atoms with Crippen molar-refractivity contribution in [1.29, 1.82) is 0 Å². The molecular formula is C26H35N7O. The van der Waals surface area contributed by atoms with E-state index in [4.69, 9.17) is 4.98 Å². The highest BCUT2D eigenvalue weighted by atomic mass is 16.1. The van der Waals surface area contributed by atoms with E-state index in [2.05, 4.69) is 60.6 Å². The van der Waals surface area contributed by atoms with Gasteiger partial charge in [-0.3, -0.25) is 4.79 Å². The van der Waals surface area contributed by atoms with Gasteiger partial charge in [0.2, 0.25) is 5.91 Å². The minimum Gasteiger partial charge on any atom is -0.366 e. The first-order valence-electron chi connectivity index (χ1n) is 11.9. The first kappa shape index (κ1) is 23.8. The smallest absolute Gasteiger partial charge is 0.247 e. The highest BCUT2D eigenvalue weighted by molar-refractivity contribution is 5.98. The number of aromatic nitrogens is 3. The van der Waals surface area contributed by atoms with Gasteiger partial charge in [0, 0.05) is 42.0 Å². The third-order valence-electron chi connectivity index (χ3n) is 6.27. The molecule has 0 bridgehead atoms. The number of rotatable bonds is 8. The molecule has 8 heteroatoms. The zero-order valence-electron chi connectivity index (χ0n) is 20.5. The lowest BCUT2D eigenvalue weighted by Crippen LogP contribution is -2.50. The van der Waals surface area contributed by atoms with Crippen LogP contribution in [0.15, 0.2) is 49.2 Å². The fourth-order valence-corrected chi connectivity index (χ4v) is 4.19. The van der Waals surface area contributed by atoms with Gasteiger partial charge in [-0.05, 0) is 56.4 Å². The highest BCUT2D eigenvalue weighted by Gasteiger charge is 2.26. The molecule has 180 valence electrons. The largest absolute Gasteiger partial charge is 0.366 e. The van der Waals surface area contributed by atoms with Crippen molar-refractivity contribution in [3.8, 4) is 0 Å². The van der Waals surface area contributed by atoms with Crippen LogP contribution in [0.2, 0.25) is 0 Å². The van der Waals surface area contributed by atoms with Gasteiger partial charge in [0.25, 0.3) is 0 Å². The Morgan fingerprint density at radius 1 is 1.35 bits per heavy atom. The number of hydrogen-bond acceptors (Lipinski definition) is 6. The van der Waals surface area contributed by atoms with Crippen LogP contribution in [0.3, 0.4) is 0 Å². The lowest BCUT2D eigenvalue weighted by molar-refractivity contribution is -0.111.